The van der Waals surface area contributed by atoms with Gasteiger partial charge in [-0.2, -0.15) is 0 Å². The molecule has 0 aromatic heterocycles. The van der Waals surface area contributed by atoms with Gasteiger partial charge in [0.05, 0.1) is 39.6 Å². The van der Waals surface area contributed by atoms with Gasteiger partial charge >= 0.3 is 7.82 Å². The summed E-state index contributed by atoms with van der Waals surface area (Å²) in [6.07, 6.45) is -2.14. The summed E-state index contributed by atoms with van der Waals surface area (Å²) >= 11 is 1.46. The van der Waals surface area contributed by atoms with E-state index in [1.165, 1.54) is 11.8 Å². The summed E-state index contributed by atoms with van der Waals surface area (Å²) in [7, 11) is -3.90. The summed E-state index contributed by atoms with van der Waals surface area (Å²) in [4.78, 5) is 0.958. The molecule has 5 atom stereocenters. The Morgan fingerprint density at radius 2 is 1.13 bits per heavy atom. The van der Waals surface area contributed by atoms with Crippen LogP contribution >= 0.6 is 19.6 Å². The fourth-order valence-corrected chi connectivity index (χ4v) is 7.94. The summed E-state index contributed by atoms with van der Waals surface area (Å²) < 4.78 is 57.7. The lowest BCUT2D eigenvalue weighted by Gasteiger charge is -2.46. The molecule has 0 bridgehead atoms. The van der Waals surface area contributed by atoms with Crippen molar-refractivity contribution in [2.45, 2.75) is 61.0 Å². The predicted octanol–water partition coefficient (Wildman–Crippen LogP) is 7.82. The molecule has 2 heterocycles. The first-order chi connectivity index (χ1) is 22.7. The zero-order valence-electron chi connectivity index (χ0n) is 25.5. The lowest BCUT2D eigenvalue weighted by molar-refractivity contribution is -0.241. The van der Waals surface area contributed by atoms with Crippen molar-refractivity contribution < 1.29 is 37.1 Å². The normalized spacial score (nSPS) is 24.4. The highest BCUT2D eigenvalue weighted by Gasteiger charge is 2.52. The van der Waals surface area contributed by atoms with E-state index < -0.39 is 37.7 Å². The molecule has 2 saturated heterocycles. The van der Waals surface area contributed by atoms with Crippen molar-refractivity contribution in [3.05, 3.63) is 138 Å². The van der Waals surface area contributed by atoms with Crippen LogP contribution in [0.1, 0.15) is 23.1 Å². The van der Waals surface area contributed by atoms with Gasteiger partial charge in [0.2, 0.25) is 0 Å². The van der Waals surface area contributed by atoms with Crippen molar-refractivity contribution in [1.29, 1.82) is 0 Å². The van der Waals surface area contributed by atoms with Gasteiger partial charge in [-0.25, -0.2) is 4.57 Å². The molecule has 8 nitrogen and oxygen atoms in total. The molecule has 4 aromatic carbocycles. The minimum atomic E-state index is -3.90. The van der Waals surface area contributed by atoms with Crippen molar-refractivity contribution >= 4 is 19.6 Å². The second-order valence-electron chi connectivity index (χ2n) is 11.0. The Balaban J connectivity index is 1.33. The van der Waals surface area contributed by atoms with Gasteiger partial charge in [-0.15, -0.1) is 0 Å². The molecule has 2 aliphatic rings. The van der Waals surface area contributed by atoms with Gasteiger partial charge in [-0.3, -0.25) is 13.6 Å². The monoisotopic (exact) mass is 662 g/mol. The smallest absolute Gasteiger partial charge is 0.374 e. The van der Waals surface area contributed by atoms with E-state index in [4.69, 9.17) is 32.5 Å². The minimum absolute atomic E-state index is 0.239. The van der Waals surface area contributed by atoms with Gasteiger partial charge in [0.1, 0.15) is 29.9 Å². The zero-order valence-corrected chi connectivity index (χ0v) is 27.2. The third kappa shape index (κ3) is 9.38. The Labute approximate surface area is 274 Å². The molecular weight excluding hydrogens is 623 g/mol. The lowest BCUT2D eigenvalue weighted by atomic mass is 9.99. The standard InChI is InChI=1S/C36H39O8PS/c37-45(41-22-13-23-42-45)44-35-34(40-26-30-18-9-3-10-19-30)33(39-25-29-16-7-2-8-17-29)32(27-38-24-28-14-5-1-6-15-28)43-36(35)46-31-20-11-4-12-21-31/h1-12,14-21,32-36H,13,22-27H2. The molecule has 0 spiro atoms. The molecule has 0 amide bonds. The Morgan fingerprint density at radius 1 is 0.630 bits per heavy atom. The highest BCUT2D eigenvalue weighted by molar-refractivity contribution is 7.99. The lowest BCUT2D eigenvalue weighted by Crippen LogP contribution is -2.60. The first-order valence-electron chi connectivity index (χ1n) is 15.5. The summed E-state index contributed by atoms with van der Waals surface area (Å²) in [6.45, 7) is 1.80. The average molecular weight is 663 g/mol. The van der Waals surface area contributed by atoms with Gasteiger partial charge < -0.3 is 18.9 Å². The Kier molecular flexibility index (Phi) is 12.1. The first kappa shape index (κ1) is 33.1. The maximum absolute atomic E-state index is 13.8. The number of phosphoric acid groups is 1. The van der Waals surface area contributed by atoms with E-state index in [0.29, 0.717) is 19.6 Å². The highest BCUT2D eigenvalue weighted by atomic mass is 32.2. The van der Waals surface area contributed by atoms with Crippen LogP contribution in [0.5, 0.6) is 0 Å². The van der Waals surface area contributed by atoms with E-state index in [0.717, 1.165) is 21.6 Å². The molecule has 242 valence electrons. The molecular formula is C36H39O8PS. The van der Waals surface area contributed by atoms with Crippen LogP contribution in [0.3, 0.4) is 0 Å². The van der Waals surface area contributed by atoms with E-state index in [9.17, 15) is 4.57 Å². The van der Waals surface area contributed by atoms with Gasteiger partial charge in [0.25, 0.3) is 0 Å². The van der Waals surface area contributed by atoms with Crippen LogP contribution in [0.2, 0.25) is 0 Å². The third-order valence-corrected chi connectivity index (χ3v) is 10.2. The molecule has 0 saturated carbocycles. The maximum Gasteiger partial charge on any atom is 0.475 e. The molecule has 0 aliphatic carbocycles. The molecule has 2 aliphatic heterocycles. The molecule has 6 rings (SSSR count). The highest BCUT2D eigenvalue weighted by Crippen LogP contribution is 2.55. The van der Waals surface area contributed by atoms with Crippen molar-refractivity contribution in [3.8, 4) is 0 Å². The Hall–Kier alpha value is -2.82. The minimum Gasteiger partial charge on any atom is -0.374 e. The number of rotatable bonds is 14. The SMILES string of the molecule is O=P1(OC2C(Sc3ccccc3)OC(COCc3ccccc3)C(OCc3ccccc3)C2OCc2ccccc2)OCCCO1. The molecule has 2 fully saturated rings. The fraction of sp³-hybridized carbons (Fsp3) is 0.333. The number of hydrogen-bond acceptors (Lipinski definition) is 9. The van der Waals surface area contributed by atoms with E-state index in [1.807, 2.05) is 121 Å². The zero-order chi connectivity index (χ0) is 31.4. The molecule has 0 radical (unpaired) electrons. The van der Waals surface area contributed by atoms with E-state index in [-0.39, 0.29) is 26.4 Å². The number of phosphoric ester groups is 1. The van der Waals surface area contributed by atoms with E-state index in [2.05, 4.69) is 0 Å². The molecule has 46 heavy (non-hydrogen) atoms. The summed E-state index contributed by atoms with van der Waals surface area (Å²) in [5, 5.41) is 0. The van der Waals surface area contributed by atoms with E-state index in [1.54, 1.807) is 0 Å². The van der Waals surface area contributed by atoms with Crippen LogP contribution in [-0.2, 0) is 56.9 Å². The molecule has 5 unspecified atom stereocenters. The topological polar surface area (TPSA) is 81.7 Å². The maximum atomic E-state index is 13.8. The Bertz CT molecular complexity index is 1490. The summed E-state index contributed by atoms with van der Waals surface area (Å²) in [5.74, 6) is 0. The van der Waals surface area contributed by atoms with Crippen LogP contribution in [0, 0.1) is 0 Å². The van der Waals surface area contributed by atoms with Crippen molar-refractivity contribution in [1.82, 2.24) is 0 Å². The second-order valence-corrected chi connectivity index (χ2v) is 13.8. The van der Waals surface area contributed by atoms with E-state index >= 15 is 0 Å². The van der Waals surface area contributed by atoms with Crippen molar-refractivity contribution in [3.63, 3.8) is 0 Å². The molecule has 10 heteroatoms. The first-order valence-corrected chi connectivity index (χ1v) is 17.9. The van der Waals surface area contributed by atoms with Gasteiger partial charge in [-0.1, -0.05) is 121 Å². The van der Waals surface area contributed by atoms with Crippen LogP contribution in [0.15, 0.2) is 126 Å². The summed E-state index contributed by atoms with van der Waals surface area (Å²) in [6, 6.07) is 39.7. The molecule has 4 aromatic rings. The summed E-state index contributed by atoms with van der Waals surface area (Å²) in [5.41, 5.74) is 2.39. The number of thioether (sulfide) groups is 1. The number of benzene rings is 4. The largest absolute Gasteiger partial charge is 0.475 e. The predicted molar refractivity (Wildman–Crippen MR) is 176 cm³/mol. The number of ether oxygens (including phenoxy) is 4. The van der Waals surface area contributed by atoms with Crippen LogP contribution in [0.25, 0.3) is 0 Å². The third-order valence-electron chi connectivity index (χ3n) is 7.59. The number of hydrogen-bond donors (Lipinski definition) is 0. The fourth-order valence-electron chi connectivity index (χ4n) is 5.30. The van der Waals surface area contributed by atoms with Crippen LogP contribution in [-0.4, -0.2) is 49.7 Å². The van der Waals surface area contributed by atoms with Gasteiger partial charge in [-0.05, 0) is 35.2 Å². The van der Waals surface area contributed by atoms with Crippen molar-refractivity contribution in [2.75, 3.05) is 19.8 Å². The van der Waals surface area contributed by atoms with Crippen LogP contribution < -0.4 is 0 Å². The molecule has 0 N–H and O–H groups in total. The quantitative estimate of drug-likeness (QED) is 0.126. The average Bonchev–Trinajstić information content (AvgIpc) is 3.10. The van der Waals surface area contributed by atoms with Crippen LogP contribution in [0.4, 0.5) is 0 Å². The second kappa shape index (κ2) is 16.8. The van der Waals surface area contributed by atoms with Crippen molar-refractivity contribution in [2.24, 2.45) is 0 Å². The Morgan fingerprint density at radius 3 is 1.70 bits per heavy atom. The van der Waals surface area contributed by atoms with Gasteiger partial charge in [0, 0.05) is 4.90 Å². The van der Waals surface area contributed by atoms with Gasteiger partial charge in [0.15, 0.2) is 0 Å².